The normalized spacial score (nSPS) is 10.7. The van der Waals surface area contributed by atoms with Crippen molar-refractivity contribution in [1.82, 2.24) is 9.55 Å². The van der Waals surface area contributed by atoms with E-state index in [-0.39, 0.29) is 0 Å². The summed E-state index contributed by atoms with van der Waals surface area (Å²) in [5.41, 5.74) is 8.63. The molecule has 0 aliphatic heterocycles. The van der Waals surface area contributed by atoms with Crippen molar-refractivity contribution in [1.29, 1.82) is 5.26 Å². The lowest BCUT2D eigenvalue weighted by Crippen LogP contribution is -2.01. The zero-order valence-electron chi connectivity index (χ0n) is 10.1. The van der Waals surface area contributed by atoms with Gasteiger partial charge in [-0.2, -0.15) is 5.26 Å². The third-order valence-corrected chi connectivity index (χ3v) is 3.89. The van der Waals surface area contributed by atoms with Crippen LogP contribution < -0.4 is 5.73 Å². The lowest BCUT2D eigenvalue weighted by molar-refractivity contribution is 1.10. The van der Waals surface area contributed by atoms with Gasteiger partial charge in [0.1, 0.15) is 11.6 Å². The van der Waals surface area contributed by atoms with Gasteiger partial charge in [0.15, 0.2) is 0 Å². The molecule has 2 aromatic carbocycles. The zero-order valence-corrected chi connectivity index (χ0v) is 12.5. The van der Waals surface area contributed by atoms with Crippen LogP contribution in [0.4, 0.5) is 5.95 Å². The molecule has 0 radical (unpaired) electrons. The molecule has 0 bridgehead atoms. The number of para-hydroxylation sites is 1. The molecule has 4 nitrogen and oxygen atoms in total. The lowest BCUT2D eigenvalue weighted by atomic mass is 10.2. The van der Waals surface area contributed by atoms with E-state index in [0.29, 0.717) is 22.1 Å². The number of nitrogen functional groups attached to an aromatic ring is 1. The highest BCUT2D eigenvalue weighted by atomic mass is 79.9. The highest BCUT2D eigenvalue weighted by molar-refractivity contribution is 9.10. The number of benzene rings is 2. The molecule has 0 aliphatic carbocycles. The lowest BCUT2D eigenvalue weighted by Gasteiger charge is -2.09. The topological polar surface area (TPSA) is 67.6 Å². The van der Waals surface area contributed by atoms with Gasteiger partial charge < -0.3 is 5.73 Å². The molecule has 2 N–H and O–H groups in total. The Morgan fingerprint density at radius 3 is 2.85 bits per heavy atom. The fourth-order valence-corrected chi connectivity index (χ4v) is 2.71. The Balaban J connectivity index is 2.40. The number of nitrogens with zero attached hydrogens (tertiary/aromatic N) is 3. The Morgan fingerprint density at radius 2 is 2.10 bits per heavy atom. The first kappa shape index (κ1) is 13.0. The number of halogens is 2. The number of rotatable bonds is 1. The molecule has 0 amide bonds. The molecule has 1 heterocycles. The average molecular weight is 348 g/mol. The maximum atomic E-state index is 9.13. The maximum absolute atomic E-state index is 9.13. The minimum absolute atomic E-state index is 0.311. The van der Waals surface area contributed by atoms with Crippen LogP contribution in [0.5, 0.6) is 0 Å². The van der Waals surface area contributed by atoms with Crippen molar-refractivity contribution in [2.45, 2.75) is 0 Å². The highest BCUT2D eigenvalue weighted by Gasteiger charge is 2.15. The van der Waals surface area contributed by atoms with Gasteiger partial charge in [-0.3, -0.25) is 4.57 Å². The van der Waals surface area contributed by atoms with E-state index >= 15 is 0 Å². The molecule has 0 fully saturated rings. The first-order valence-electron chi connectivity index (χ1n) is 5.74. The molecule has 3 rings (SSSR count). The minimum Gasteiger partial charge on any atom is -0.369 e. The van der Waals surface area contributed by atoms with Gasteiger partial charge in [-0.1, -0.05) is 17.7 Å². The Labute approximate surface area is 128 Å². The van der Waals surface area contributed by atoms with Crippen LogP contribution >= 0.6 is 27.5 Å². The van der Waals surface area contributed by atoms with Crippen molar-refractivity contribution in [3.8, 4) is 11.8 Å². The first-order chi connectivity index (χ1) is 9.61. The van der Waals surface area contributed by atoms with Gasteiger partial charge in [0.25, 0.3) is 0 Å². The van der Waals surface area contributed by atoms with Gasteiger partial charge in [-0.15, -0.1) is 0 Å². The second-order valence-electron chi connectivity index (χ2n) is 4.19. The van der Waals surface area contributed by atoms with Crippen LogP contribution in [0.2, 0.25) is 5.02 Å². The van der Waals surface area contributed by atoms with Crippen LogP contribution in [0.15, 0.2) is 40.9 Å². The summed E-state index contributed by atoms with van der Waals surface area (Å²) in [6.07, 6.45) is 0. The highest BCUT2D eigenvalue weighted by Crippen LogP contribution is 2.31. The minimum atomic E-state index is 0.311. The number of nitriles is 1. The maximum Gasteiger partial charge on any atom is 0.206 e. The fourth-order valence-electron chi connectivity index (χ4n) is 2.12. The molecule has 0 saturated carbocycles. The molecule has 98 valence electrons. The van der Waals surface area contributed by atoms with E-state index in [1.807, 2.05) is 12.1 Å². The van der Waals surface area contributed by atoms with Crippen LogP contribution in [-0.2, 0) is 0 Å². The van der Waals surface area contributed by atoms with Crippen molar-refractivity contribution in [2.75, 3.05) is 5.73 Å². The number of aromatic nitrogens is 2. The number of hydrogen-bond acceptors (Lipinski definition) is 3. The molecule has 0 spiro atoms. The molecule has 6 heteroatoms. The largest absolute Gasteiger partial charge is 0.369 e. The Hall–Kier alpha value is -2.03. The second kappa shape index (κ2) is 4.82. The Morgan fingerprint density at radius 1 is 1.30 bits per heavy atom. The number of nitrogens with two attached hydrogens (primary N) is 1. The molecular formula is C14H8BrClN4. The van der Waals surface area contributed by atoms with Gasteiger partial charge in [0.2, 0.25) is 5.95 Å². The predicted molar refractivity (Wildman–Crippen MR) is 82.9 cm³/mol. The molecule has 20 heavy (non-hydrogen) atoms. The summed E-state index contributed by atoms with van der Waals surface area (Å²) >= 11 is 9.53. The molecule has 0 unspecified atom stereocenters. The van der Waals surface area contributed by atoms with Crippen LogP contribution in [0.3, 0.4) is 0 Å². The van der Waals surface area contributed by atoms with Gasteiger partial charge in [0.05, 0.1) is 16.8 Å². The van der Waals surface area contributed by atoms with Crippen LogP contribution in [-0.4, -0.2) is 9.55 Å². The third-order valence-electron chi connectivity index (χ3n) is 2.98. The van der Waals surface area contributed by atoms with Crippen LogP contribution in [0.25, 0.3) is 16.7 Å². The van der Waals surface area contributed by atoms with Gasteiger partial charge in [-0.25, -0.2) is 4.98 Å². The predicted octanol–water partition coefficient (Wildman–Crippen LogP) is 3.90. The summed E-state index contributed by atoms with van der Waals surface area (Å²) < 4.78 is 2.61. The summed E-state index contributed by atoms with van der Waals surface area (Å²) in [5, 5.41) is 9.73. The summed E-state index contributed by atoms with van der Waals surface area (Å²) in [4.78, 5) is 4.29. The van der Waals surface area contributed by atoms with Crippen molar-refractivity contribution in [2.24, 2.45) is 0 Å². The van der Waals surface area contributed by atoms with Crippen molar-refractivity contribution in [3.63, 3.8) is 0 Å². The SMILES string of the molecule is N#Cc1cccc2c1nc(N)n2-c1cc(Cl)ccc1Br. The number of imidazole rings is 1. The monoisotopic (exact) mass is 346 g/mol. The first-order valence-corrected chi connectivity index (χ1v) is 6.91. The summed E-state index contributed by atoms with van der Waals surface area (Å²) in [7, 11) is 0. The summed E-state index contributed by atoms with van der Waals surface area (Å²) in [6, 6.07) is 12.9. The molecule has 1 aromatic heterocycles. The number of hydrogen-bond donors (Lipinski definition) is 1. The number of fused-ring (bicyclic) bond motifs is 1. The van der Waals surface area contributed by atoms with Crippen molar-refractivity contribution in [3.05, 3.63) is 51.5 Å². The smallest absolute Gasteiger partial charge is 0.206 e. The van der Waals surface area contributed by atoms with Gasteiger partial charge in [0, 0.05) is 9.50 Å². The quantitative estimate of drug-likeness (QED) is 0.726. The van der Waals surface area contributed by atoms with E-state index < -0.39 is 0 Å². The summed E-state index contributed by atoms with van der Waals surface area (Å²) in [6.45, 7) is 0. The molecule has 3 aromatic rings. The molecule has 0 saturated heterocycles. The Kier molecular flexibility index (Phi) is 3.13. The van der Waals surface area contributed by atoms with Crippen molar-refractivity contribution >= 4 is 44.5 Å². The van der Waals surface area contributed by atoms with Crippen molar-refractivity contribution < 1.29 is 0 Å². The molecular weight excluding hydrogens is 340 g/mol. The average Bonchev–Trinajstić information content (AvgIpc) is 2.77. The summed E-state index contributed by atoms with van der Waals surface area (Å²) in [5.74, 6) is 0.311. The third kappa shape index (κ3) is 1.94. The molecule has 0 aliphatic rings. The molecule has 0 atom stereocenters. The van der Waals surface area contributed by atoms with E-state index in [0.717, 1.165) is 15.7 Å². The zero-order chi connectivity index (χ0) is 14.3. The standard InChI is InChI=1S/C14H8BrClN4/c15-10-5-4-9(16)6-12(10)20-11-3-1-2-8(7-17)13(11)19-14(20)18/h1-6H,(H2,18,19). The Bertz CT molecular complexity index is 863. The van der Waals surface area contributed by atoms with Gasteiger partial charge >= 0.3 is 0 Å². The fraction of sp³-hybridized carbons (Fsp3) is 0. The second-order valence-corrected chi connectivity index (χ2v) is 5.48. The van der Waals surface area contributed by atoms with E-state index in [9.17, 15) is 0 Å². The van der Waals surface area contributed by atoms with Crippen LogP contribution in [0.1, 0.15) is 5.56 Å². The van der Waals surface area contributed by atoms with E-state index in [1.54, 1.807) is 28.8 Å². The van der Waals surface area contributed by atoms with E-state index in [2.05, 4.69) is 27.0 Å². The number of anilines is 1. The van der Waals surface area contributed by atoms with Crippen LogP contribution in [0, 0.1) is 11.3 Å². The van der Waals surface area contributed by atoms with E-state index in [1.165, 1.54) is 0 Å². The van der Waals surface area contributed by atoms with E-state index in [4.69, 9.17) is 22.6 Å². The van der Waals surface area contributed by atoms with Gasteiger partial charge in [-0.05, 0) is 46.3 Å².